The van der Waals surface area contributed by atoms with Gasteiger partial charge >= 0.3 is 5.97 Å². The Balaban J connectivity index is 1.62. The molecule has 2 aromatic carbocycles. The van der Waals surface area contributed by atoms with Crippen molar-refractivity contribution in [2.24, 2.45) is 5.10 Å². The quantitative estimate of drug-likeness (QED) is 0.337. The van der Waals surface area contributed by atoms with Crippen LogP contribution in [0.5, 0.6) is 5.75 Å². The Labute approximate surface area is 187 Å². The van der Waals surface area contributed by atoms with E-state index in [1.807, 2.05) is 0 Å². The van der Waals surface area contributed by atoms with E-state index in [-0.39, 0.29) is 28.1 Å². The van der Waals surface area contributed by atoms with E-state index < -0.39 is 16.8 Å². The molecule has 0 saturated heterocycles. The summed E-state index contributed by atoms with van der Waals surface area (Å²) < 4.78 is 10.8. The van der Waals surface area contributed by atoms with Gasteiger partial charge in [0.25, 0.3) is 11.6 Å². The highest BCUT2D eigenvalue weighted by molar-refractivity contribution is 6.32. The summed E-state index contributed by atoms with van der Waals surface area (Å²) in [4.78, 5) is 34.9. The number of hydrazone groups is 1. The second kappa shape index (κ2) is 8.42. The van der Waals surface area contributed by atoms with Crippen LogP contribution < -0.4 is 9.75 Å². The van der Waals surface area contributed by atoms with Crippen LogP contribution in [-0.4, -0.2) is 34.7 Å². The van der Waals surface area contributed by atoms with E-state index in [2.05, 4.69) is 5.10 Å². The van der Waals surface area contributed by atoms with Crippen molar-refractivity contribution in [2.45, 2.75) is 6.92 Å². The van der Waals surface area contributed by atoms with Gasteiger partial charge in [0.05, 0.1) is 46.2 Å². The molecule has 0 atom stereocenters. The van der Waals surface area contributed by atoms with Gasteiger partial charge in [0, 0.05) is 0 Å². The summed E-state index contributed by atoms with van der Waals surface area (Å²) in [6.07, 6.45) is 1.51. The molecule has 3 aromatic rings. The van der Waals surface area contributed by atoms with Crippen LogP contribution in [0.2, 0.25) is 0 Å². The number of carbonyl (C=O) groups is 2. The van der Waals surface area contributed by atoms with Crippen molar-refractivity contribution in [3.05, 3.63) is 81.6 Å². The monoisotopic (exact) mass is 447 g/mol. The van der Waals surface area contributed by atoms with Gasteiger partial charge in [-0.25, -0.2) is 4.79 Å². The highest BCUT2D eigenvalue weighted by Gasteiger charge is 2.29. The molecule has 33 heavy (non-hydrogen) atoms. The first-order valence-electron chi connectivity index (χ1n) is 9.66. The van der Waals surface area contributed by atoms with Crippen LogP contribution >= 0.6 is 0 Å². The van der Waals surface area contributed by atoms with Gasteiger partial charge in [0.1, 0.15) is 17.3 Å². The van der Waals surface area contributed by atoms with E-state index in [9.17, 15) is 19.7 Å². The molecule has 1 N–H and O–H groups in total. The van der Waals surface area contributed by atoms with Crippen LogP contribution in [-0.2, 0) is 4.79 Å². The van der Waals surface area contributed by atoms with Crippen molar-refractivity contribution >= 4 is 35.0 Å². The van der Waals surface area contributed by atoms with E-state index in [0.29, 0.717) is 22.9 Å². The predicted molar refractivity (Wildman–Crippen MR) is 119 cm³/mol. The first-order chi connectivity index (χ1) is 15.8. The minimum atomic E-state index is -1.07. The molecule has 10 nitrogen and oxygen atoms in total. The van der Waals surface area contributed by atoms with Gasteiger partial charge in [-0.2, -0.15) is 10.1 Å². The number of nitrogens with zero attached hydrogens (tertiary/aromatic N) is 3. The van der Waals surface area contributed by atoms with E-state index in [4.69, 9.17) is 14.3 Å². The molecule has 1 aromatic heterocycles. The molecule has 1 amide bonds. The molecule has 0 aliphatic carbocycles. The summed E-state index contributed by atoms with van der Waals surface area (Å²) in [7, 11) is 1.42. The Bertz CT molecular complexity index is 1340. The number of ether oxygens (including phenoxy) is 1. The summed E-state index contributed by atoms with van der Waals surface area (Å²) in [6, 6.07) is 13.4. The van der Waals surface area contributed by atoms with Gasteiger partial charge in [-0.15, -0.1) is 0 Å². The lowest BCUT2D eigenvalue weighted by Crippen LogP contribution is -2.21. The zero-order valence-electron chi connectivity index (χ0n) is 17.5. The number of benzene rings is 2. The van der Waals surface area contributed by atoms with Gasteiger partial charge in [-0.3, -0.25) is 14.9 Å². The fraction of sp³-hybridized carbons (Fsp3) is 0.0870. The molecule has 4 rings (SSSR count). The molecule has 0 fully saturated rings. The first-order valence-corrected chi connectivity index (χ1v) is 9.66. The van der Waals surface area contributed by atoms with Crippen molar-refractivity contribution in [3.63, 3.8) is 0 Å². The van der Waals surface area contributed by atoms with Crippen molar-refractivity contribution in [2.75, 3.05) is 12.1 Å². The van der Waals surface area contributed by atoms with E-state index >= 15 is 0 Å². The zero-order chi connectivity index (χ0) is 23.7. The van der Waals surface area contributed by atoms with Crippen LogP contribution in [0.25, 0.3) is 17.4 Å². The number of rotatable bonds is 6. The number of amides is 1. The third-order valence-electron chi connectivity index (χ3n) is 5.00. The van der Waals surface area contributed by atoms with Crippen LogP contribution in [0.4, 0.5) is 11.4 Å². The van der Waals surface area contributed by atoms with Crippen LogP contribution in [0.3, 0.4) is 0 Å². The Kier molecular flexibility index (Phi) is 5.49. The van der Waals surface area contributed by atoms with Crippen LogP contribution in [0.1, 0.15) is 23.0 Å². The fourth-order valence-corrected chi connectivity index (χ4v) is 3.32. The lowest BCUT2D eigenvalue weighted by Gasteiger charge is -2.11. The maximum atomic E-state index is 12.9. The fourth-order valence-electron chi connectivity index (χ4n) is 3.32. The number of hydrogen-bond acceptors (Lipinski definition) is 7. The average molecular weight is 447 g/mol. The third-order valence-corrected chi connectivity index (χ3v) is 5.00. The van der Waals surface area contributed by atoms with Gasteiger partial charge < -0.3 is 14.3 Å². The second-order valence-electron chi connectivity index (χ2n) is 7.05. The van der Waals surface area contributed by atoms with Gasteiger partial charge in [-0.05, 0) is 61.5 Å². The molecule has 2 heterocycles. The number of carboxylic acids is 1. The molecule has 1 aliphatic rings. The number of hydrogen-bond donors (Lipinski definition) is 1. The number of aromatic carboxylic acids is 1. The molecule has 0 unspecified atom stereocenters. The molecule has 0 spiro atoms. The molecule has 0 radical (unpaired) electrons. The van der Waals surface area contributed by atoms with Gasteiger partial charge in [-0.1, -0.05) is 0 Å². The summed E-state index contributed by atoms with van der Waals surface area (Å²) in [5, 5.41) is 25.9. The van der Waals surface area contributed by atoms with E-state index in [0.717, 1.165) is 0 Å². The van der Waals surface area contributed by atoms with Gasteiger partial charge in [0.2, 0.25) is 0 Å². The number of furan rings is 1. The molecule has 166 valence electrons. The molecule has 10 heteroatoms. The van der Waals surface area contributed by atoms with Crippen LogP contribution in [0, 0.1) is 10.1 Å². The van der Waals surface area contributed by atoms with Crippen molar-refractivity contribution in [3.8, 4) is 17.1 Å². The highest BCUT2D eigenvalue weighted by atomic mass is 16.6. The minimum absolute atomic E-state index is 0.0950. The summed E-state index contributed by atoms with van der Waals surface area (Å²) in [6.45, 7) is 1.66. The SMILES string of the molecule is COc1ccc(-c2ccc(/C=C3/C(=O)N(c4ccc(C(=O)O)cc4)N=C3C)o2)c([N+](=O)[O-])c1. The van der Waals surface area contributed by atoms with E-state index in [1.54, 1.807) is 25.1 Å². The molecular formula is C23H17N3O7. The van der Waals surface area contributed by atoms with Crippen molar-refractivity contribution < 1.29 is 28.8 Å². The Morgan fingerprint density at radius 3 is 2.55 bits per heavy atom. The van der Waals surface area contributed by atoms with Crippen molar-refractivity contribution in [1.29, 1.82) is 0 Å². The summed E-state index contributed by atoms with van der Waals surface area (Å²) in [5.41, 5.74) is 1.33. The topological polar surface area (TPSA) is 135 Å². The molecule has 0 saturated carbocycles. The average Bonchev–Trinajstić information content (AvgIpc) is 3.38. The molecular weight excluding hydrogens is 430 g/mol. The number of carbonyl (C=O) groups excluding carboxylic acids is 1. The zero-order valence-corrected chi connectivity index (χ0v) is 17.5. The normalized spacial score (nSPS) is 14.5. The largest absolute Gasteiger partial charge is 0.497 e. The number of methoxy groups -OCH3 is 1. The minimum Gasteiger partial charge on any atom is -0.497 e. The van der Waals surface area contributed by atoms with Crippen molar-refractivity contribution in [1.82, 2.24) is 0 Å². The van der Waals surface area contributed by atoms with Crippen LogP contribution in [0.15, 0.2) is 69.7 Å². The number of anilines is 1. The summed E-state index contributed by atoms with van der Waals surface area (Å²) in [5.74, 6) is -0.558. The highest BCUT2D eigenvalue weighted by Crippen LogP contribution is 2.35. The standard InChI is InChI=1S/C23H17N3O7/c1-13-19(22(27)25(24-13)15-5-3-14(4-6-15)23(28)29)11-17-8-10-21(33-17)18-9-7-16(32-2)12-20(18)26(30)31/h3-12H,1-2H3,(H,28,29)/b19-11+. The molecule has 1 aliphatic heterocycles. The third kappa shape index (κ3) is 4.09. The van der Waals surface area contributed by atoms with Gasteiger partial charge in [0.15, 0.2) is 0 Å². The smallest absolute Gasteiger partial charge is 0.335 e. The number of nitro groups is 1. The molecule has 0 bridgehead atoms. The summed E-state index contributed by atoms with van der Waals surface area (Å²) >= 11 is 0. The predicted octanol–water partition coefficient (Wildman–Crippen LogP) is 4.37. The number of nitro benzene ring substituents is 1. The Morgan fingerprint density at radius 1 is 1.18 bits per heavy atom. The second-order valence-corrected chi connectivity index (χ2v) is 7.05. The first kappa shape index (κ1) is 21.5. The lowest BCUT2D eigenvalue weighted by molar-refractivity contribution is -0.384. The Hall–Kier alpha value is -4.73. The van der Waals surface area contributed by atoms with E-state index in [1.165, 1.54) is 54.6 Å². The lowest BCUT2D eigenvalue weighted by atomic mass is 10.1. The Morgan fingerprint density at radius 2 is 1.91 bits per heavy atom. The maximum Gasteiger partial charge on any atom is 0.335 e. The maximum absolute atomic E-state index is 12.9. The number of carboxylic acid groups (broad SMARTS) is 1.